The lowest BCUT2D eigenvalue weighted by atomic mass is 9.95. The van der Waals surface area contributed by atoms with Crippen LogP contribution in [0.25, 0.3) is 0 Å². The second-order valence-electron chi connectivity index (χ2n) is 6.57. The minimum atomic E-state index is -0.294. The minimum absolute atomic E-state index is 0.0294. The number of carbonyl (C=O) groups is 2. The fraction of sp³-hybridized carbons (Fsp3) is 0.579. The van der Waals surface area contributed by atoms with Crippen LogP contribution in [0.1, 0.15) is 38.2 Å². The van der Waals surface area contributed by atoms with Crippen molar-refractivity contribution in [2.75, 3.05) is 26.7 Å². The van der Waals surface area contributed by atoms with Crippen LogP contribution < -0.4 is 0 Å². The van der Waals surface area contributed by atoms with Crippen molar-refractivity contribution in [2.45, 2.75) is 39.0 Å². The number of carbonyl (C=O) groups excluding carboxylic acids is 2. The average Bonchev–Trinajstić information content (AvgIpc) is 2.61. The standard InChI is InChI=1S/C19H27FN2O2/c1-3-4-11-21(2)19(24)16-9-12-22(13-10-16)18(23)14-15-5-7-17(20)8-6-15/h5-8,16H,3-4,9-14H2,1-2H3. The first kappa shape index (κ1) is 18.4. The molecule has 0 aromatic heterocycles. The quantitative estimate of drug-likeness (QED) is 0.803. The van der Waals surface area contributed by atoms with Gasteiger partial charge in [-0.3, -0.25) is 9.59 Å². The van der Waals surface area contributed by atoms with Crippen LogP contribution in [0.5, 0.6) is 0 Å². The molecule has 0 atom stereocenters. The van der Waals surface area contributed by atoms with E-state index >= 15 is 0 Å². The molecule has 1 aromatic rings. The lowest BCUT2D eigenvalue weighted by molar-refractivity contribution is -0.139. The summed E-state index contributed by atoms with van der Waals surface area (Å²) in [6.07, 6.45) is 3.84. The number of hydrogen-bond donors (Lipinski definition) is 0. The van der Waals surface area contributed by atoms with Crippen LogP contribution in [0.3, 0.4) is 0 Å². The monoisotopic (exact) mass is 334 g/mol. The maximum absolute atomic E-state index is 12.9. The minimum Gasteiger partial charge on any atom is -0.346 e. The van der Waals surface area contributed by atoms with E-state index in [1.807, 2.05) is 16.8 Å². The van der Waals surface area contributed by atoms with E-state index in [9.17, 15) is 14.0 Å². The molecule has 0 aliphatic carbocycles. The van der Waals surface area contributed by atoms with E-state index in [1.54, 1.807) is 12.1 Å². The Morgan fingerprint density at radius 1 is 1.21 bits per heavy atom. The Kier molecular flexibility index (Phi) is 6.76. The van der Waals surface area contributed by atoms with Gasteiger partial charge in [0.05, 0.1) is 6.42 Å². The Hall–Kier alpha value is -1.91. The zero-order valence-electron chi connectivity index (χ0n) is 14.6. The zero-order chi connectivity index (χ0) is 17.5. The highest BCUT2D eigenvalue weighted by atomic mass is 19.1. The highest BCUT2D eigenvalue weighted by molar-refractivity contribution is 5.81. The number of unbranched alkanes of at least 4 members (excludes halogenated alkanes) is 1. The summed E-state index contributed by atoms with van der Waals surface area (Å²) in [6.45, 7) is 4.17. The molecule has 1 aromatic carbocycles. The molecule has 1 aliphatic rings. The van der Waals surface area contributed by atoms with E-state index in [4.69, 9.17) is 0 Å². The normalized spacial score (nSPS) is 15.4. The number of halogens is 1. The largest absolute Gasteiger partial charge is 0.346 e. The zero-order valence-corrected chi connectivity index (χ0v) is 14.6. The summed E-state index contributed by atoms with van der Waals surface area (Å²) in [5.74, 6) is -0.0135. The molecule has 2 rings (SSSR count). The first-order chi connectivity index (χ1) is 11.5. The van der Waals surface area contributed by atoms with Gasteiger partial charge < -0.3 is 9.80 Å². The van der Waals surface area contributed by atoms with Crippen LogP contribution in [-0.2, 0) is 16.0 Å². The van der Waals surface area contributed by atoms with Gasteiger partial charge in [0.15, 0.2) is 0 Å². The van der Waals surface area contributed by atoms with Gasteiger partial charge in [-0.05, 0) is 37.0 Å². The van der Waals surface area contributed by atoms with Gasteiger partial charge in [-0.15, -0.1) is 0 Å². The molecule has 0 bridgehead atoms. The van der Waals surface area contributed by atoms with Crippen LogP contribution in [0.2, 0.25) is 0 Å². The molecule has 5 heteroatoms. The molecule has 1 fully saturated rings. The van der Waals surface area contributed by atoms with Gasteiger partial charge in [0.2, 0.25) is 11.8 Å². The first-order valence-electron chi connectivity index (χ1n) is 8.78. The molecule has 4 nitrogen and oxygen atoms in total. The van der Waals surface area contributed by atoms with Gasteiger partial charge in [0.25, 0.3) is 0 Å². The molecular weight excluding hydrogens is 307 g/mol. The van der Waals surface area contributed by atoms with Gasteiger partial charge in [-0.2, -0.15) is 0 Å². The highest BCUT2D eigenvalue weighted by Crippen LogP contribution is 2.20. The second-order valence-corrected chi connectivity index (χ2v) is 6.57. The molecule has 0 saturated carbocycles. The van der Waals surface area contributed by atoms with Gasteiger partial charge in [-0.25, -0.2) is 4.39 Å². The van der Waals surface area contributed by atoms with Crippen molar-refractivity contribution in [3.05, 3.63) is 35.6 Å². The average molecular weight is 334 g/mol. The number of likely N-dealkylation sites (tertiary alicyclic amines) is 1. The van der Waals surface area contributed by atoms with Crippen molar-refractivity contribution in [3.8, 4) is 0 Å². The van der Waals surface area contributed by atoms with E-state index < -0.39 is 0 Å². The van der Waals surface area contributed by atoms with Crippen molar-refractivity contribution < 1.29 is 14.0 Å². The third-order valence-electron chi connectivity index (χ3n) is 4.69. The molecule has 0 spiro atoms. The van der Waals surface area contributed by atoms with Crippen LogP contribution in [0.15, 0.2) is 24.3 Å². The third-order valence-corrected chi connectivity index (χ3v) is 4.69. The van der Waals surface area contributed by atoms with Gasteiger partial charge >= 0.3 is 0 Å². The van der Waals surface area contributed by atoms with E-state index in [2.05, 4.69) is 6.92 Å². The topological polar surface area (TPSA) is 40.6 Å². The van der Waals surface area contributed by atoms with Crippen LogP contribution >= 0.6 is 0 Å². The van der Waals surface area contributed by atoms with E-state index in [0.29, 0.717) is 13.1 Å². The fourth-order valence-electron chi connectivity index (χ4n) is 3.08. The van der Waals surface area contributed by atoms with Crippen molar-refractivity contribution >= 4 is 11.8 Å². The Balaban J connectivity index is 1.80. The molecule has 1 aliphatic heterocycles. The van der Waals surface area contributed by atoms with Crippen molar-refractivity contribution in [1.82, 2.24) is 9.80 Å². The van der Waals surface area contributed by atoms with Crippen LogP contribution in [-0.4, -0.2) is 48.3 Å². The van der Waals surface area contributed by atoms with Crippen molar-refractivity contribution in [3.63, 3.8) is 0 Å². The summed E-state index contributed by atoms with van der Waals surface area (Å²) in [5, 5.41) is 0. The summed E-state index contributed by atoms with van der Waals surface area (Å²) in [7, 11) is 1.87. The van der Waals surface area contributed by atoms with E-state index in [-0.39, 0.29) is 30.0 Å². The molecule has 0 radical (unpaired) electrons. The summed E-state index contributed by atoms with van der Waals surface area (Å²) in [6, 6.07) is 6.04. The molecule has 1 saturated heterocycles. The number of amides is 2. The maximum atomic E-state index is 12.9. The lowest BCUT2D eigenvalue weighted by Gasteiger charge is -2.33. The van der Waals surface area contributed by atoms with Gasteiger partial charge in [0.1, 0.15) is 5.82 Å². The van der Waals surface area contributed by atoms with E-state index in [1.165, 1.54) is 12.1 Å². The Bertz CT molecular complexity index is 551. The predicted octanol–water partition coefficient (Wildman–Crippen LogP) is 2.87. The number of nitrogens with zero attached hydrogens (tertiary/aromatic N) is 2. The number of rotatable bonds is 6. The lowest BCUT2D eigenvalue weighted by Crippen LogP contribution is -2.44. The summed E-state index contributed by atoms with van der Waals surface area (Å²) in [4.78, 5) is 28.4. The summed E-state index contributed by atoms with van der Waals surface area (Å²) >= 11 is 0. The molecule has 0 unspecified atom stereocenters. The highest BCUT2D eigenvalue weighted by Gasteiger charge is 2.28. The maximum Gasteiger partial charge on any atom is 0.226 e. The third kappa shape index (κ3) is 5.05. The van der Waals surface area contributed by atoms with Crippen LogP contribution in [0, 0.1) is 11.7 Å². The van der Waals surface area contributed by atoms with Gasteiger partial charge in [-0.1, -0.05) is 25.5 Å². The molecule has 24 heavy (non-hydrogen) atoms. The molecule has 132 valence electrons. The Labute approximate surface area is 143 Å². The number of hydrogen-bond acceptors (Lipinski definition) is 2. The molecular formula is C19H27FN2O2. The molecule has 2 amide bonds. The number of piperidine rings is 1. The number of benzene rings is 1. The summed E-state index contributed by atoms with van der Waals surface area (Å²) < 4.78 is 12.9. The van der Waals surface area contributed by atoms with Gasteiger partial charge in [0, 0.05) is 32.6 Å². The predicted molar refractivity (Wildman–Crippen MR) is 92.0 cm³/mol. The van der Waals surface area contributed by atoms with Crippen LogP contribution in [0.4, 0.5) is 4.39 Å². The first-order valence-corrected chi connectivity index (χ1v) is 8.78. The molecule has 1 heterocycles. The van der Waals surface area contributed by atoms with Crippen molar-refractivity contribution in [2.24, 2.45) is 5.92 Å². The molecule has 0 N–H and O–H groups in total. The summed E-state index contributed by atoms with van der Waals surface area (Å²) in [5.41, 5.74) is 0.818. The second kappa shape index (κ2) is 8.81. The smallest absolute Gasteiger partial charge is 0.226 e. The Morgan fingerprint density at radius 3 is 2.42 bits per heavy atom. The fourth-order valence-corrected chi connectivity index (χ4v) is 3.08. The van der Waals surface area contributed by atoms with E-state index in [0.717, 1.165) is 37.8 Å². The SMILES string of the molecule is CCCCN(C)C(=O)C1CCN(C(=O)Cc2ccc(F)cc2)CC1. The Morgan fingerprint density at radius 2 is 1.83 bits per heavy atom. The van der Waals surface area contributed by atoms with Crippen molar-refractivity contribution in [1.29, 1.82) is 0 Å².